The highest BCUT2D eigenvalue weighted by molar-refractivity contribution is 4.86. The zero-order valence-corrected chi connectivity index (χ0v) is 6.48. The molecule has 0 aromatic heterocycles. The molecule has 2 atom stereocenters. The largest absolute Gasteiger partial charge is 0.313 e. The summed E-state index contributed by atoms with van der Waals surface area (Å²) in [6.45, 7) is 5.81. The fourth-order valence-corrected chi connectivity index (χ4v) is 1.53. The zero-order valence-electron chi connectivity index (χ0n) is 6.48. The van der Waals surface area contributed by atoms with Crippen LogP contribution in [0.25, 0.3) is 0 Å². The van der Waals surface area contributed by atoms with E-state index in [0.29, 0.717) is 0 Å². The first-order valence-corrected chi connectivity index (χ1v) is 4.11. The Bertz CT molecular complexity index is 78.6. The predicted molar refractivity (Wildman–Crippen MR) is 40.5 cm³/mol. The van der Waals surface area contributed by atoms with Crippen LogP contribution in [0.4, 0.5) is 0 Å². The van der Waals surface area contributed by atoms with E-state index < -0.39 is 0 Å². The second-order valence-corrected chi connectivity index (χ2v) is 2.97. The van der Waals surface area contributed by atoms with E-state index >= 15 is 0 Å². The maximum atomic E-state index is 3.45. The van der Waals surface area contributed by atoms with Gasteiger partial charge < -0.3 is 5.32 Å². The molecule has 1 aliphatic heterocycles. The van der Waals surface area contributed by atoms with E-state index in [9.17, 15) is 0 Å². The lowest BCUT2D eigenvalue weighted by Crippen LogP contribution is -2.52. The summed E-state index contributed by atoms with van der Waals surface area (Å²) in [6, 6.07) is 0.861. The third kappa shape index (κ3) is 1.45. The van der Waals surface area contributed by atoms with Gasteiger partial charge in [0.1, 0.15) is 0 Å². The second kappa shape index (κ2) is 3.21. The van der Waals surface area contributed by atoms with Crippen LogP contribution in [0.2, 0.25) is 0 Å². The number of hydrogen-bond acceptors (Lipinski definition) is 1. The van der Waals surface area contributed by atoms with Crippen molar-refractivity contribution in [2.75, 3.05) is 6.54 Å². The quantitative estimate of drug-likeness (QED) is 0.609. The molecule has 0 amide bonds. The highest BCUT2D eigenvalue weighted by Crippen LogP contribution is 2.20. The minimum absolute atomic E-state index is 0.861. The molecule has 0 aromatic carbocycles. The highest BCUT2D eigenvalue weighted by atomic mass is 15.0. The lowest BCUT2D eigenvalue weighted by atomic mass is 9.86. The first kappa shape index (κ1) is 7.07. The van der Waals surface area contributed by atoms with E-state index in [1.165, 1.54) is 25.8 Å². The van der Waals surface area contributed by atoms with E-state index in [4.69, 9.17) is 0 Å². The topological polar surface area (TPSA) is 12.0 Å². The van der Waals surface area contributed by atoms with Gasteiger partial charge in [-0.25, -0.2) is 0 Å². The highest BCUT2D eigenvalue weighted by Gasteiger charge is 2.26. The summed E-state index contributed by atoms with van der Waals surface area (Å²) in [5, 5.41) is 3.45. The van der Waals surface area contributed by atoms with Gasteiger partial charge in [0.2, 0.25) is 0 Å². The van der Waals surface area contributed by atoms with Crippen molar-refractivity contribution >= 4 is 0 Å². The minimum Gasteiger partial charge on any atom is -0.313 e. The molecule has 2 unspecified atom stereocenters. The zero-order chi connectivity index (χ0) is 6.69. The molecule has 1 nitrogen and oxygen atoms in total. The van der Waals surface area contributed by atoms with Gasteiger partial charge in [-0.2, -0.15) is 0 Å². The van der Waals surface area contributed by atoms with E-state index in [0.717, 1.165) is 12.0 Å². The van der Waals surface area contributed by atoms with Crippen molar-refractivity contribution in [3.05, 3.63) is 0 Å². The lowest BCUT2D eigenvalue weighted by Gasteiger charge is -2.37. The normalized spacial score (nSPS) is 34.0. The van der Waals surface area contributed by atoms with Crippen LogP contribution in [-0.4, -0.2) is 12.6 Å². The molecule has 54 valence electrons. The van der Waals surface area contributed by atoms with Crippen LogP contribution in [0.3, 0.4) is 0 Å². The van der Waals surface area contributed by atoms with Gasteiger partial charge in [-0.3, -0.25) is 0 Å². The molecule has 1 heteroatoms. The summed E-state index contributed by atoms with van der Waals surface area (Å²) in [6.07, 6.45) is 4.06. The molecule has 1 aliphatic rings. The van der Waals surface area contributed by atoms with Gasteiger partial charge in [-0.15, -0.1) is 0 Å². The molecule has 0 radical (unpaired) electrons. The Balaban J connectivity index is 2.11. The Morgan fingerprint density at radius 3 is 2.56 bits per heavy atom. The molecule has 0 aromatic rings. The summed E-state index contributed by atoms with van der Waals surface area (Å²) < 4.78 is 0. The van der Waals surface area contributed by atoms with Gasteiger partial charge in [0.05, 0.1) is 0 Å². The van der Waals surface area contributed by atoms with E-state index in [-0.39, 0.29) is 0 Å². The van der Waals surface area contributed by atoms with Crippen molar-refractivity contribution in [1.29, 1.82) is 0 Å². The fourth-order valence-electron chi connectivity index (χ4n) is 1.53. The second-order valence-electron chi connectivity index (χ2n) is 2.97. The smallest absolute Gasteiger partial charge is 0.0107 e. The van der Waals surface area contributed by atoms with Crippen LogP contribution in [-0.2, 0) is 0 Å². The monoisotopic (exact) mass is 127 g/mol. The third-order valence-electron chi connectivity index (χ3n) is 2.34. The molecular weight excluding hydrogens is 110 g/mol. The van der Waals surface area contributed by atoms with Crippen molar-refractivity contribution in [3.63, 3.8) is 0 Å². The third-order valence-corrected chi connectivity index (χ3v) is 2.34. The molecular formula is C8H17N. The Hall–Kier alpha value is -0.0400. The summed E-state index contributed by atoms with van der Waals surface area (Å²) in [5.41, 5.74) is 0. The van der Waals surface area contributed by atoms with E-state index in [1.54, 1.807) is 0 Å². The van der Waals surface area contributed by atoms with Crippen LogP contribution in [0.1, 0.15) is 33.1 Å². The molecule has 9 heavy (non-hydrogen) atoms. The maximum Gasteiger partial charge on any atom is 0.0107 e. The SMILES string of the molecule is CCCC1NCC1CC. The van der Waals surface area contributed by atoms with Crippen molar-refractivity contribution < 1.29 is 0 Å². The van der Waals surface area contributed by atoms with Crippen molar-refractivity contribution in [1.82, 2.24) is 5.32 Å². The van der Waals surface area contributed by atoms with Gasteiger partial charge in [0.25, 0.3) is 0 Å². The van der Waals surface area contributed by atoms with Crippen LogP contribution < -0.4 is 5.32 Å². The first-order chi connectivity index (χ1) is 4.38. The molecule has 1 fully saturated rings. The van der Waals surface area contributed by atoms with Crippen molar-refractivity contribution in [3.8, 4) is 0 Å². The standard InChI is InChI=1S/C8H17N/c1-3-5-8-7(4-2)6-9-8/h7-9H,3-6H2,1-2H3. The van der Waals surface area contributed by atoms with Gasteiger partial charge in [-0.1, -0.05) is 26.7 Å². The predicted octanol–water partition coefficient (Wildman–Crippen LogP) is 1.78. The molecule has 0 bridgehead atoms. The van der Waals surface area contributed by atoms with Gasteiger partial charge >= 0.3 is 0 Å². The van der Waals surface area contributed by atoms with Gasteiger partial charge in [0.15, 0.2) is 0 Å². The summed E-state index contributed by atoms with van der Waals surface area (Å²) in [5.74, 6) is 0.991. The van der Waals surface area contributed by atoms with Crippen molar-refractivity contribution in [2.45, 2.75) is 39.2 Å². The summed E-state index contributed by atoms with van der Waals surface area (Å²) in [4.78, 5) is 0. The minimum atomic E-state index is 0.861. The Morgan fingerprint density at radius 2 is 2.22 bits per heavy atom. The van der Waals surface area contributed by atoms with Crippen LogP contribution in [0.5, 0.6) is 0 Å². The average molecular weight is 127 g/mol. The lowest BCUT2D eigenvalue weighted by molar-refractivity contribution is 0.212. The number of hydrogen-bond donors (Lipinski definition) is 1. The summed E-state index contributed by atoms with van der Waals surface area (Å²) in [7, 11) is 0. The van der Waals surface area contributed by atoms with Crippen LogP contribution >= 0.6 is 0 Å². The number of nitrogens with one attached hydrogen (secondary N) is 1. The molecule has 0 spiro atoms. The maximum absolute atomic E-state index is 3.45. The Labute approximate surface area is 57.8 Å². The van der Waals surface area contributed by atoms with Crippen molar-refractivity contribution in [2.24, 2.45) is 5.92 Å². The van der Waals surface area contributed by atoms with E-state index in [2.05, 4.69) is 19.2 Å². The van der Waals surface area contributed by atoms with Gasteiger partial charge in [-0.05, 0) is 18.9 Å². The fraction of sp³-hybridized carbons (Fsp3) is 1.00. The summed E-state index contributed by atoms with van der Waals surface area (Å²) >= 11 is 0. The first-order valence-electron chi connectivity index (χ1n) is 4.11. The van der Waals surface area contributed by atoms with Gasteiger partial charge in [0, 0.05) is 6.04 Å². The molecule has 1 rings (SSSR count). The Kier molecular flexibility index (Phi) is 2.52. The average Bonchev–Trinajstić information content (AvgIpc) is 1.82. The molecule has 0 aliphatic carbocycles. The van der Waals surface area contributed by atoms with Crippen LogP contribution in [0.15, 0.2) is 0 Å². The molecule has 0 saturated carbocycles. The molecule has 1 heterocycles. The van der Waals surface area contributed by atoms with Crippen LogP contribution in [0, 0.1) is 5.92 Å². The number of rotatable bonds is 3. The molecule has 1 saturated heterocycles. The Morgan fingerprint density at radius 1 is 1.44 bits per heavy atom. The molecule has 1 N–H and O–H groups in total. The van der Waals surface area contributed by atoms with E-state index in [1.807, 2.05) is 0 Å².